The van der Waals surface area contributed by atoms with Gasteiger partial charge >= 0.3 is 0 Å². The van der Waals surface area contributed by atoms with Crippen molar-refractivity contribution >= 4 is 18.2 Å². The largest absolute Gasteiger partial charge is 0.283 e. The summed E-state index contributed by atoms with van der Waals surface area (Å²) in [6.07, 6.45) is 5.38. The van der Waals surface area contributed by atoms with Gasteiger partial charge in [-0.25, -0.2) is 5.43 Å². The van der Waals surface area contributed by atoms with E-state index in [2.05, 4.69) is 31.2 Å². The van der Waals surface area contributed by atoms with Crippen molar-refractivity contribution in [2.45, 2.75) is 0 Å². The number of aromatic amines is 1. The van der Waals surface area contributed by atoms with E-state index < -0.39 is 0 Å². The smallest absolute Gasteiger partial charge is 0.243 e. The number of nitrogens with zero attached hydrogens (tertiary/aromatic N) is 4. The summed E-state index contributed by atoms with van der Waals surface area (Å²) in [6, 6.07) is 9.96. The van der Waals surface area contributed by atoms with Crippen LogP contribution in [0.4, 0.5) is 5.95 Å². The van der Waals surface area contributed by atoms with Gasteiger partial charge in [0.05, 0.1) is 0 Å². The molecule has 80 valence electrons. The lowest BCUT2D eigenvalue weighted by Gasteiger charge is -1.89. The first kappa shape index (κ1) is 10.0. The fourth-order valence-corrected chi connectivity index (χ4v) is 1.07. The third-order valence-electron chi connectivity index (χ3n) is 1.76. The molecule has 0 aliphatic carbocycles. The van der Waals surface area contributed by atoms with Crippen LogP contribution >= 0.6 is 0 Å². The number of benzene rings is 1. The maximum atomic E-state index is 3.88. The molecule has 0 aliphatic rings. The van der Waals surface area contributed by atoms with Gasteiger partial charge < -0.3 is 0 Å². The lowest BCUT2D eigenvalue weighted by Crippen LogP contribution is -1.90. The average molecular weight is 214 g/mol. The molecule has 0 saturated carbocycles. The molecule has 16 heavy (non-hydrogen) atoms. The van der Waals surface area contributed by atoms with Crippen LogP contribution in [-0.4, -0.2) is 26.8 Å². The van der Waals surface area contributed by atoms with Crippen LogP contribution < -0.4 is 5.43 Å². The van der Waals surface area contributed by atoms with Gasteiger partial charge in [-0.1, -0.05) is 41.5 Å². The minimum absolute atomic E-state index is 0.337. The second kappa shape index (κ2) is 5.40. The van der Waals surface area contributed by atoms with Crippen molar-refractivity contribution in [3.8, 4) is 0 Å². The van der Waals surface area contributed by atoms with Gasteiger partial charge in [0.15, 0.2) is 0 Å². The molecule has 0 unspecified atom stereocenters. The molecule has 0 saturated heterocycles. The van der Waals surface area contributed by atoms with Crippen LogP contribution in [0, 0.1) is 0 Å². The van der Waals surface area contributed by atoms with Crippen molar-refractivity contribution in [2.75, 3.05) is 5.43 Å². The molecule has 2 N–H and O–H groups in total. The van der Waals surface area contributed by atoms with Crippen LogP contribution in [0.15, 0.2) is 41.5 Å². The summed E-state index contributed by atoms with van der Waals surface area (Å²) in [6.45, 7) is 0. The van der Waals surface area contributed by atoms with E-state index in [1.54, 1.807) is 6.21 Å². The maximum Gasteiger partial charge on any atom is 0.283 e. The summed E-state index contributed by atoms with van der Waals surface area (Å²) in [5.74, 6) is 0.337. The Morgan fingerprint density at radius 2 is 2.12 bits per heavy atom. The number of anilines is 1. The third kappa shape index (κ3) is 3.02. The van der Waals surface area contributed by atoms with Crippen LogP contribution in [-0.2, 0) is 0 Å². The first-order chi connectivity index (χ1) is 7.95. The number of allylic oxidation sites excluding steroid dienone is 1. The fraction of sp³-hybridized carbons (Fsp3) is 0. The molecule has 6 heteroatoms. The molecule has 0 amide bonds. The Labute approximate surface area is 92.1 Å². The van der Waals surface area contributed by atoms with E-state index in [9.17, 15) is 0 Å². The Hall–Kier alpha value is -2.50. The molecular formula is C10H10N6. The van der Waals surface area contributed by atoms with E-state index in [1.165, 1.54) is 0 Å². The van der Waals surface area contributed by atoms with E-state index in [0.717, 1.165) is 5.56 Å². The minimum atomic E-state index is 0.337. The zero-order valence-corrected chi connectivity index (χ0v) is 8.41. The maximum absolute atomic E-state index is 3.88. The lowest BCUT2D eigenvalue weighted by molar-refractivity contribution is 0.881. The molecular weight excluding hydrogens is 204 g/mol. The highest BCUT2D eigenvalue weighted by atomic mass is 15.5. The number of rotatable bonds is 4. The van der Waals surface area contributed by atoms with Crippen molar-refractivity contribution < 1.29 is 0 Å². The molecule has 0 radical (unpaired) electrons. The molecule has 0 atom stereocenters. The zero-order valence-electron chi connectivity index (χ0n) is 8.41. The van der Waals surface area contributed by atoms with E-state index in [0.29, 0.717) is 5.95 Å². The Balaban J connectivity index is 1.83. The summed E-state index contributed by atoms with van der Waals surface area (Å²) in [5.41, 5.74) is 3.73. The normalized spacial score (nSPS) is 11.2. The molecule has 1 aromatic heterocycles. The highest BCUT2D eigenvalue weighted by Crippen LogP contribution is 1.99. The number of nitrogens with one attached hydrogen (secondary N) is 2. The van der Waals surface area contributed by atoms with Crippen LogP contribution in [0.2, 0.25) is 0 Å². The van der Waals surface area contributed by atoms with Crippen molar-refractivity contribution in [1.82, 2.24) is 20.6 Å². The van der Waals surface area contributed by atoms with Crippen LogP contribution in [0.1, 0.15) is 5.56 Å². The predicted molar refractivity (Wildman–Crippen MR) is 61.8 cm³/mol. The highest BCUT2D eigenvalue weighted by molar-refractivity contribution is 5.78. The lowest BCUT2D eigenvalue weighted by atomic mass is 10.2. The van der Waals surface area contributed by atoms with Gasteiger partial charge in [-0.05, 0) is 16.9 Å². The van der Waals surface area contributed by atoms with Crippen LogP contribution in [0.25, 0.3) is 6.08 Å². The summed E-state index contributed by atoms with van der Waals surface area (Å²) in [5, 5.41) is 16.9. The second-order valence-electron chi connectivity index (χ2n) is 2.90. The van der Waals surface area contributed by atoms with Gasteiger partial charge in [-0.2, -0.15) is 10.3 Å². The Morgan fingerprint density at radius 3 is 2.88 bits per heavy atom. The van der Waals surface area contributed by atoms with Gasteiger partial charge in [0.2, 0.25) is 0 Å². The highest BCUT2D eigenvalue weighted by Gasteiger charge is 1.89. The molecule has 0 aliphatic heterocycles. The van der Waals surface area contributed by atoms with E-state index in [4.69, 9.17) is 0 Å². The van der Waals surface area contributed by atoms with Crippen molar-refractivity contribution in [1.29, 1.82) is 0 Å². The monoisotopic (exact) mass is 214 g/mol. The van der Waals surface area contributed by atoms with Crippen molar-refractivity contribution in [3.63, 3.8) is 0 Å². The second-order valence-corrected chi connectivity index (χ2v) is 2.90. The van der Waals surface area contributed by atoms with E-state index >= 15 is 0 Å². The quantitative estimate of drug-likeness (QED) is 0.594. The number of tetrazole rings is 1. The summed E-state index contributed by atoms with van der Waals surface area (Å²) < 4.78 is 0. The number of H-pyrrole nitrogens is 1. The molecule has 0 spiro atoms. The van der Waals surface area contributed by atoms with Gasteiger partial charge in [-0.15, -0.1) is 5.10 Å². The molecule has 1 heterocycles. The minimum Gasteiger partial charge on any atom is -0.243 e. The van der Waals surface area contributed by atoms with Gasteiger partial charge in [-0.3, -0.25) is 0 Å². The van der Waals surface area contributed by atoms with Gasteiger partial charge in [0.25, 0.3) is 5.95 Å². The molecule has 0 bridgehead atoms. The summed E-state index contributed by atoms with van der Waals surface area (Å²) in [7, 11) is 0. The average Bonchev–Trinajstić information content (AvgIpc) is 2.83. The molecule has 0 fully saturated rings. The fourth-order valence-electron chi connectivity index (χ4n) is 1.07. The van der Waals surface area contributed by atoms with E-state index in [1.807, 2.05) is 42.5 Å². The first-order valence-corrected chi connectivity index (χ1v) is 4.69. The molecule has 1 aromatic carbocycles. The number of hydrogen-bond acceptors (Lipinski definition) is 5. The first-order valence-electron chi connectivity index (χ1n) is 4.69. The topological polar surface area (TPSA) is 78.9 Å². The summed E-state index contributed by atoms with van der Waals surface area (Å²) >= 11 is 0. The predicted octanol–water partition coefficient (Wildman–Crippen LogP) is 1.31. The third-order valence-corrected chi connectivity index (χ3v) is 1.76. The standard InChI is InChI=1S/C10H10N6/c1-2-5-9(6-3-1)7-4-8-11-12-10-13-15-16-14-10/h1-8H,(H2,12,13,14,15,16)/b7-4+,11-8?. The van der Waals surface area contributed by atoms with Gasteiger partial charge in [0.1, 0.15) is 0 Å². The van der Waals surface area contributed by atoms with Crippen molar-refractivity contribution in [2.24, 2.45) is 5.10 Å². The number of aromatic nitrogens is 4. The molecule has 2 aromatic rings. The Morgan fingerprint density at radius 1 is 1.25 bits per heavy atom. The van der Waals surface area contributed by atoms with Crippen LogP contribution in [0.3, 0.4) is 0 Å². The Bertz CT molecular complexity index is 459. The number of hydrazone groups is 1. The Kier molecular flexibility index (Phi) is 3.38. The SMILES string of the molecule is C(/C=C/c1ccccc1)=NNc1nn[nH]n1. The molecule has 6 nitrogen and oxygen atoms in total. The van der Waals surface area contributed by atoms with Crippen molar-refractivity contribution in [3.05, 3.63) is 42.0 Å². The van der Waals surface area contributed by atoms with E-state index in [-0.39, 0.29) is 0 Å². The number of hydrogen-bond donors (Lipinski definition) is 2. The summed E-state index contributed by atoms with van der Waals surface area (Å²) in [4.78, 5) is 0. The van der Waals surface area contributed by atoms with Gasteiger partial charge in [0, 0.05) is 6.21 Å². The zero-order chi connectivity index (χ0) is 11.1. The van der Waals surface area contributed by atoms with Crippen LogP contribution in [0.5, 0.6) is 0 Å². The molecule has 2 rings (SSSR count).